The van der Waals surface area contributed by atoms with E-state index in [1.165, 1.54) is 25.9 Å². The van der Waals surface area contributed by atoms with Gasteiger partial charge in [0.05, 0.1) is 25.6 Å². The minimum Gasteiger partial charge on any atom is -0.491 e. The zero-order valence-corrected chi connectivity index (χ0v) is 16.8. The third kappa shape index (κ3) is 5.27. The van der Waals surface area contributed by atoms with Crippen molar-refractivity contribution in [1.82, 2.24) is 15.1 Å². The molecule has 0 aromatic carbocycles. The number of methoxy groups -OCH3 is 1. The van der Waals surface area contributed by atoms with Crippen molar-refractivity contribution >= 4 is 6.72 Å². The summed E-state index contributed by atoms with van der Waals surface area (Å²) in [7, 11) is 3.54. The van der Waals surface area contributed by atoms with E-state index in [2.05, 4.69) is 46.8 Å². The second-order valence-corrected chi connectivity index (χ2v) is 6.97. The van der Waals surface area contributed by atoms with Gasteiger partial charge in [-0.1, -0.05) is 13.8 Å². The summed E-state index contributed by atoms with van der Waals surface area (Å²) in [6, 6.07) is 0. The summed E-state index contributed by atoms with van der Waals surface area (Å²) in [4.78, 5) is 8.77. The molecule has 146 valence electrons. The lowest BCUT2D eigenvalue weighted by molar-refractivity contribution is 0.155. The Balaban J connectivity index is 1.96. The van der Waals surface area contributed by atoms with E-state index in [9.17, 15) is 0 Å². The van der Waals surface area contributed by atoms with E-state index < -0.39 is 0 Å². The van der Waals surface area contributed by atoms with Gasteiger partial charge in [-0.25, -0.2) is 4.99 Å². The van der Waals surface area contributed by atoms with Crippen LogP contribution in [0.5, 0.6) is 0 Å². The summed E-state index contributed by atoms with van der Waals surface area (Å²) in [5, 5.41) is 3.13. The number of nitrogens with zero attached hydrogens (tertiary/aromatic N) is 3. The van der Waals surface area contributed by atoms with Gasteiger partial charge in [0.25, 0.3) is 0 Å². The number of likely N-dealkylation sites (tertiary alicyclic amines) is 1. The van der Waals surface area contributed by atoms with Crippen LogP contribution in [0.2, 0.25) is 0 Å². The van der Waals surface area contributed by atoms with E-state index in [0.29, 0.717) is 12.5 Å². The molecule has 6 nitrogen and oxygen atoms in total. The number of aliphatic imine (C=N–C) groups is 1. The summed E-state index contributed by atoms with van der Waals surface area (Å²) in [5.41, 5.74) is 1.08. The highest BCUT2D eigenvalue weighted by molar-refractivity contribution is 5.33. The molecule has 0 spiro atoms. The van der Waals surface area contributed by atoms with Gasteiger partial charge in [0, 0.05) is 20.1 Å². The van der Waals surface area contributed by atoms with Crippen molar-refractivity contribution in [2.24, 2.45) is 10.9 Å². The van der Waals surface area contributed by atoms with Gasteiger partial charge in [-0.15, -0.1) is 0 Å². The van der Waals surface area contributed by atoms with Gasteiger partial charge in [0.1, 0.15) is 5.82 Å². The molecule has 2 aliphatic heterocycles. The van der Waals surface area contributed by atoms with E-state index in [-0.39, 0.29) is 0 Å². The number of rotatable bonds is 10. The fraction of sp³-hybridized carbons (Fsp3) is 0.650. The topological polar surface area (TPSA) is 49.3 Å². The molecule has 2 heterocycles. The van der Waals surface area contributed by atoms with E-state index in [1.54, 1.807) is 7.11 Å². The minimum atomic E-state index is 0.300. The predicted molar refractivity (Wildman–Crippen MR) is 107 cm³/mol. The molecule has 1 saturated heterocycles. The molecule has 1 N–H and O–H groups in total. The smallest absolute Gasteiger partial charge is 0.176 e. The molecule has 26 heavy (non-hydrogen) atoms. The number of hydrogen-bond donors (Lipinski definition) is 1. The average molecular weight is 363 g/mol. The first kappa shape index (κ1) is 20.4. The molecule has 2 rings (SSSR count). The SMILES string of the molecule is C=N/C(NC)=C(/C(C)C)N1C=C(OC)C(OCCCN2CCCC2)=CC1. The first-order valence-corrected chi connectivity index (χ1v) is 9.57. The average Bonchev–Trinajstić information content (AvgIpc) is 3.16. The zero-order chi connectivity index (χ0) is 18.9. The highest BCUT2D eigenvalue weighted by Crippen LogP contribution is 2.26. The van der Waals surface area contributed by atoms with Gasteiger partial charge in [0.2, 0.25) is 0 Å². The lowest BCUT2D eigenvalue weighted by Crippen LogP contribution is -2.28. The number of hydrogen-bond acceptors (Lipinski definition) is 6. The minimum absolute atomic E-state index is 0.300. The van der Waals surface area contributed by atoms with E-state index >= 15 is 0 Å². The zero-order valence-electron chi connectivity index (χ0n) is 16.8. The van der Waals surface area contributed by atoms with Crippen molar-refractivity contribution in [3.63, 3.8) is 0 Å². The van der Waals surface area contributed by atoms with Crippen LogP contribution in [0.3, 0.4) is 0 Å². The Labute approximate surface area is 158 Å². The van der Waals surface area contributed by atoms with E-state index in [4.69, 9.17) is 9.47 Å². The Kier molecular flexibility index (Phi) is 8.04. The lowest BCUT2D eigenvalue weighted by atomic mass is 10.1. The normalized spacial score (nSPS) is 19.0. The molecule has 0 aromatic rings. The third-order valence-corrected chi connectivity index (χ3v) is 4.78. The van der Waals surface area contributed by atoms with Crippen LogP contribution in [-0.4, -0.2) is 63.5 Å². The first-order chi connectivity index (χ1) is 12.6. The quantitative estimate of drug-likeness (QED) is 0.478. The van der Waals surface area contributed by atoms with Crippen LogP contribution in [0.1, 0.15) is 33.1 Å². The molecule has 0 saturated carbocycles. The highest BCUT2D eigenvalue weighted by atomic mass is 16.5. The predicted octanol–water partition coefficient (Wildman–Crippen LogP) is 2.92. The Bertz CT molecular complexity index is 560. The molecule has 0 radical (unpaired) electrons. The standard InChI is InChI=1S/C20H34N4O2/c1-16(2)19(20(21-3)22-4)24-13-9-17(18(15-24)25-5)26-14-8-12-23-10-6-7-11-23/h9,15-16,22H,3,6-8,10-14H2,1-2,4-5H3/b20-19+. The van der Waals surface area contributed by atoms with Crippen molar-refractivity contribution in [2.45, 2.75) is 33.1 Å². The molecule has 0 bridgehead atoms. The lowest BCUT2D eigenvalue weighted by Gasteiger charge is -2.30. The molecule has 2 aliphatic rings. The second kappa shape index (κ2) is 10.3. The molecule has 0 aliphatic carbocycles. The largest absolute Gasteiger partial charge is 0.491 e. The highest BCUT2D eigenvalue weighted by Gasteiger charge is 2.22. The molecule has 0 aromatic heterocycles. The summed E-state index contributed by atoms with van der Waals surface area (Å²) in [5.74, 6) is 2.66. The van der Waals surface area contributed by atoms with Crippen LogP contribution in [0, 0.1) is 5.92 Å². The van der Waals surface area contributed by atoms with Gasteiger partial charge < -0.3 is 24.6 Å². The Morgan fingerprint density at radius 1 is 1.31 bits per heavy atom. The summed E-state index contributed by atoms with van der Waals surface area (Å²) in [6.07, 6.45) is 7.77. The van der Waals surface area contributed by atoms with Crippen LogP contribution in [0.15, 0.2) is 40.3 Å². The fourth-order valence-corrected chi connectivity index (χ4v) is 3.50. The molecular weight excluding hydrogens is 328 g/mol. The maximum Gasteiger partial charge on any atom is 0.176 e. The van der Waals surface area contributed by atoms with Gasteiger partial charge >= 0.3 is 0 Å². The molecule has 0 atom stereocenters. The van der Waals surface area contributed by atoms with Crippen molar-refractivity contribution in [1.29, 1.82) is 0 Å². The second-order valence-electron chi connectivity index (χ2n) is 6.97. The van der Waals surface area contributed by atoms with Crippen LogP contribution in [0.25, 0.3) is 0 Å². The Morgan fingerprint density at radius 3 is 2.62 bits per heavy atom. The number of nitrogens with one attached hydrogen (secondary N) is 1. The summed E-state index contributed by atoms with van der Waals surface area (Å²) < 4.78 is 11.6. The van der Waals surface area contributed by atoms with Crippen LogP contribution >= 0.6 is 0 Å². The van der Waals surface area contributed by atoms with Gasteiger partial charge in [-0.05, 0) is 51.1 Å². The first-order valence-electron chi connectivity index (χ1n) is 9.57. The molecule has 0 amide bonds. The van der Waals surface area contributed by atoms with Crippen LogP contribution in [0.4, 0.5) is 0 Å². The van der Waals surface area contributed by atoms with Crippen molar-refractivity contribution < 1.29 is 9.47 Å². The molecule has 0 unspecified atom stereocenters. The summed E-state index contributed by atoms with van der Waals surface area (Å²) >= 11 is 0. The van der Waals surface area contributed by atoms with Crippen LogP contribution < -0.4 is 5.32 Å². The monoisotopic (exact) mass is 362 g/mol. The summed E-state index contributed by atoms with van der Waals surface area (Å²) in [6.45, 7) is 13.0. The third-order valence-electron chi connectivity index (χ3n) is 4.78. The molecular formula is C20H34N4O2. The number of ether oxygens (including phenoxy) is 2. The van der Waals surface area contributed by atoms with E-state index in [1.807, 2.05) is 13.2 Å². The van der Waals surface area contributed by atoms with Gasteiger partial charge in [0.15, 0.2) is 11.5 Å². The van der Waals surface area contributed by atoms with Gasteiger partial charge in [-0.2, -0.15) is 0 Å². The van der Waals surface area contributed by atoms with Gasteiger partial charge in [-0.3, -0.25) is 0 Å². The Hall–Kier alpha value is -1.95. The van der Waals surface area contributed by atoms with Crippen molar-refractivity contribution in [3.05, 3.63) is 35.3 Å². The van der Waals surface area contributed by atoms with Crippen molar-refractivity contribution in [3.8, 4) is 0 Å². The maximum absolute atomic E-state index is 5.99. The Morgan fingerprint density at radius 2 is 2.04 bits per heavy atom. The number of allylic oxidation sites excluding steroid dienone is 1. The van der Waals surface area contributed by atoms with Crippen molar-refractivity contribution in [2.75, 3.05) is 46.9 Å². The molecule has 6 heteroatoms. The molecule has 1 fully saturated rings. The van der Waals surface area contributed by atoms with E-state index in [0.717, 1.165) is 42.5 Å². The van der Waals surface area contributed by atoms with Crippen LogP contribution in [-0.2, 0) is 9.47 Å². The fourth-order valence-electron chi connectivity index (χ4n) is 3.50. The maximum atomic E-state index is 5.99.